The van der Waals surface area contributed by atoms with Crippen LogP contribution in [-0.2, 0) is 0 Å². The highest BCUT2D eigenvalue weighted by Crippen LogP contribution is 2.32. The minimum Gasteiger partial charge on any atom is -0.494 e. The average molecular weight is 805 g/mol. The number of hydrogen-bond donors (Lipinski definition) is 0. The van der Waals surface area contributed by atoms with Gasteiger partial charge in [-0.25, -0.2) is 0 Å². The molecular weight excluding hydrogens is 748 g/mol. The average Bonchev–Trinajstić information content (AvgIpc) is 3.39. The molecule has 0 unspecified atom stereocenters. The molecule has 2 nitrogen and oxygen atoms in total. The largest absolute Gasteiger partial charge is 0.494 e. The van der Waals surface area contributed by atoms with Gasteiger partial charge in [0.2, 0.25) is 0 Å². The molecule has 0 amide bonds. The van der Waals surface area contributed by atoms with Crippen molar-refractivity contribution in [2.24, 2.45) is 0 Å². The zero-order chi connectivity index (χ0) is 34.3. The van der Waals surface area contributed by atoms with Gasteiger partial charge in [0.1, 0.15) is 11.5 Å². The van der Waals surface area contributed by atoms with Crippen LogP contribution in [0, 0.1) is 0 Å². The van der Waals surface area contributed by atoms with E-state index in [0.717, 1.165) is 46.5 Å². The summed E-state index contributed by atoms with van der Waals surface area (Å²) in [7, 11) is -2.63. The highest BCUT2D eigenvalue weighted by molar-refractivity contribution is 9.10. The van der Waals surface area contributed by atoms with E-state index < -0.39 is 8.07 Å². The molecule has 5 rings (SSSR count). The van der Waals surface area contributed by atoms with Crippen molar-refractivity contribution >= 4 is 60.7 Å². The second-order valence-electron chi connectivity index (χ2n) is 13.8. The molecule has 0 saturated carbocycles. The molecule has 0 N–H and O–H groups in total. The molecule has 0 spiro atoms. The van der Waals surface area contributed by atoms with Gasteiger partial charge in [0, 0.05) is 8.95 Å². The van der Waals surface area contributed by atoms with E-state index in [9.17, 15) is 0 Å². The van der Waals surface area contributed by atoms with E-state index in [1.165, 1.54) is 122 Å². The van der Waals surface area contributed by atoms with Gasteiger partial charge in [0.05, 0.1) is 13.2 Å². The van der Waals surface area contributed by atoms with E-state index in [4.69, 9.17) is 9.47 Å². The van der Waals surface area contributed by atoms with Crippen molar-refractivity contribution in [3.05, 3.63) is 93.9 Å². The van der Waals surface area contributed by atoms with Crippen LogP contribution in [0.25, 0.3) is 11.1 Å². The summed E-state index contributed by atoms with van der Waals surface area (Å²) in [6.45, 7) is 6.12. The predicted octanol–water partition coefficient (Wildman–Crippen LogP) is 11.6. The fourth-order valence-electron chi connectivity index (χ4n) is 7.51. The normalized spacial score (nSPS) is 12.9. The quantitative estimate of drug-likeness (QED) is 0.0512. The van der Waals surface area contributed by atoms with Gasteiger partial charge in [-0.3, -0.25) is 0 Å². The molecule has 0 aromatic heterocycles. The summed E-state index contributed by atoms with van der Waals surface area (Å²) in [5.74, 6) is 1.92. The molecule has 1 aliphatic rings. The second-order valence-corrected chi connectivity index (χ2v) is 19.4. The fourth-order valence-corrected chi connectivity index (χ4v) is 13.8. The Morgan fingerprint density at radius 2 is 0.776 bits per heavy atom. The van der Waals surface area contributed by atoms with Crippen LogP contribution < -0.4 is 30.2 Å². The molecule has 0 bridgehead atoms. The molecule has 262 valence electrons. The first kappa shape index (κ1) is 37.9. The first-order valence-corrected chi connectivity index (χ1v) is 22.7. The van der Waals surface area contributed by atoms with Gasteiger partial charge < -0.3 is 9.47 Å². The Hall–Kier alpha value is -2.34. The van der Waals surface area contributed by atoms with E-state index >= 15 is 0 Å². The van der Waals surface area contributed by atoms with Crippen molar-refractivity contribution in [2.75, 3.05) is 13.2 Å². The molecule has 0 aliphatic carbocycles. The second kappa shape index (κ2) is 19.9. The summed E-state index contributed by atoms with van der Waals surface area (Å²) in [5.41, 5.74) is 2.67. The summed E-state index contributed by atoms with van der Waals surface area (Å²) in [6, 6.07) is 31.8. The van der Waals surface area contributed by atoms with Crippen molar-refractivity contribution < 1.29 is 9.47 Å². The molecule has 1 heterocycles. The van der Waals surface area contributed by atoms with Crippen molar-refractivity contribution in [3.63, 3.8) is 0 Å². The van der Waals surface area contributed by atoms with E-state index in [2.05, 4.69) is 131 Å². The molecule has 0 radical (unpaired) electrons. The number of rotatable bonds is 22. The third-order valence-electron chi connectivity index (χ3n) is 10.2. The maximum Gasteiger partial charge on any atom is 0.180 e. The summed E-state index contributed by atoms with van der Waals surface area (Å²) in [4.78, 5) is 0. The Balaban J connectivity index is 1.33. The first-order chi connectivity index (χ1) is 24.1. The topological polar surface area (TPSA) is 18.5 Å². The Morgan fingerprint density at radius 3 is 1.14 bits per heavy atom. The summed E-state index contributed by atoms with van der Waals surface area (Å²) >= 11 is 7.68. The summed E-state index contributed by atoms with van der Waals surface area (Å²) < 4.78 is 14.8. The molecule has 4 aromatic rings. The minimum atomic E-state index is -2.63. The zero-order valence-electron chi connectivity index (χ0n) is 29.9. The summed E-state index contributed by atoms with van der Waals surface area (Å²) in [5, 5.41) is 5.59. The SMILES string of the molecule is CCCCCCCCCCOc1ccc([Si]2(c3ccc(OCCCCCCCCCC)cc3)c3cc(Br)ccc3-c3ccc(Br)cc32)cc1. The highest BCUT2D eigenvalue weighted by Gasteiger charge is 2.49. The van der Waals surface area contributed by atoms with Gasteiger partial charge in [-0.15, -0.1) is 0 Å². The van der Waals surface area contributed by atoms with Crippen LogP contribution in [-0.4, -0.2) is 21.3 Å². The highest BCUT2D eigenvalue weighted by atomic mass is 79.9. The van der Waals surface area contributed by atoms with Crippen LogP contribution in [0.2, 0.25) is 0 Å². The van der Waals surface area contributed by atoms with E-state index in [-0.39, 0.29) is 0 Å². The molecule has 0 fully saturated rings. The van der Waals surface area contributed by atoms with Crippen molar-refractivity contribution in [1.29, 1.82) is 0 Å². The molecule has 0 atom stereocenters. The Kier molecular flexibility index (Phi) is 15.4. The lowest BCUT2D eigenvalue weighted by atomic mass is 10.1. The number of halogens is 2. The van der Waals surface area contributed by atoms with E-state index in [0.29, 0.717) is 0 Å². The lowest BCUT2D eigenvalue weighted by Gasteiger charge is -2.31. The molecule has 49 heavy (non-hydrogen) atoms. The van der Waals surface area contributed by atoms with Crippen LogP contribution in [0.4, 0.5) is 0 Å². The van der Waals surface area contributed by atoms with Gasteiger partial charge >= 0.3 is 0 Å². The molecule has 1 aliphatic heterocycles. The maximum atomic E-state index is 6.27. The molecular formula is C44H56Br2O2Si. The van der Waals surface area contributed by atoms with Gasteiger partial charge in [0.25, 0.3) is 0 Å². The Labute approximate surface area is 314 Å². The zero-order valence-corrected chi connectivity index (χ0v) is 34.1. The summed E-state index contributed by atoms with van der Waals surface area (Å²) in [6.07, 6.45) is 20.9. The van der Waals surface area contributed by atoms with Crippen LogP contribution >= 0.6 is 31.9 Å². The third-order valence-corrected chi connectivity index (χ3v) is 16.0. The van der Waals surface area contributed by atoms with E-state index in [1.807, 2.05) is 0 Å². The molecule has 5 heteroatoms. The predicted molar refractivity (Wildman–Crippen MR) is 221 cm³/mol. The number of fused-ring (bicyclic) bond motifs is 3. The smallest absolute Gasteiger partial charge is 0.180 e. The monoisotopic (exact) mass is 802 g/mol. The first-order valence-electron chi connectivity index (χ1n) is 19.1. The lowest BCUT2D eigenvalue weighted by molar-refractivity contribution is 0.304. The van der Waals surface area contributed by atoms with Crippen LogP contribution in [0.5, 0.6) is 11.5 Å². The van der Waals surface area contributed by atoms with Crippen molar-refractivity contribution in [2.45, 2.75) is 117 Å². The third kappa shape index (κ3) is 9.92. The fraction of sp³-hybridized carbons (Fsp3) is 0.455. The maximum absolute atomic E-state index is 6.27. The number of unbranched alkanes of at least 4 members (excludes halogenated alkanes) is 14. The van der Waals surface area contributed by atoms with Gasteiger partial charge in [-0.2, -0.15) is 0 Å². The van der Waals surface area contributed by atoms with Gasteiger partial charge in [0.15, 0.2) is 8.07 Å². The van der Waals surface area contributed by atoms with Crippen molar-refractivity contribution in [3.8, 4) is 22.6 Å². The van der Waals surface area contributed by atoms with E-state index in [1.54, 1.807) is 0 Å². The van der Waals surface area contributed by atoms with Crippen molar-refractivity contribution in [1.82, 2.24) is 0 Å². The lowest BCUT2D eigenvalue weighted by Crippen LogP contribution is -2.72. The molecule has 4 aromatic carbocycles. The van der Waals surface area contributed by atoms with Crippen LogP contribution in [0.1, 0.15) is 117 Å². The van der Waals surface area contributed by atoms with Gasteiger partial charge in [-0.1, -0.05) is 172 Å². The number of hydrogen-bond acceptors (Lipinski definition) is 2. The standard InChI is InChI=1S/C44H56Br2O2Si/c1-3-5-7-9-11-13-15-17-31-47-37-21-25-39(26-22-37)49(43-33-35(45)19-29-41(43)42-30-20-36(46)34-44(42)49)40-27-23-38(24-28-40)48-32-18-16-14-12-10-8-6-4-2/h19-30,33-34H,3-18,31-32H2,1-2H3. The number of benzene rings is 4. The Morgan fingerprint density at radius 1 is 0.429 bits per heavy atom. The van der Waals surface area contributed by atoms with Crippen LogP contribution in [0.15, 0.2) is 93.9 Å². The Bertz CT molecular complexity index is 1450. The van der Waals surface area contributed by atoms with Gasteiger partial charge in [-0.05, 0) is 93.2 Å². The number of ether oxygens (including phenoxy) is 2. The molecule has 0 saturated heterocycles. The minimum absolute atomic E-state index is 0.781. The van der Waals surface area contributed by atoms with Crippen LogP contribution in [0.3, 0.4) is 0 Å².